The Bertz CT molecular complexity index is 842. The van der Waals surface area contributed by atoms with Crippen LogP contribution in [0.3, 0.4) is 0 Å². The fourth-order valence-electron chi connectivity index (χ4n) is 2.28. The van der Waals surface area contributed by atoms with Crippen molar-refractivity contribution in [1.29, 1.82) is 0 Å². The summed E-state index contributed by atoms with van der Waals surface area (Å²) in [7, 11) is 0. The molecule has 22 heavy (non-hydrogen) atoms. The fourth-order valence-corrected chi connectivity index (χ4v) is 2.41. The molecule has 1 heterocycles. The van der Waals surface area contributed by atoms with Crippen LogP contribution in [0.1, 0.15) is 24.4 Å². The summed E-state index contributed by atoms with van der Waals surface area (Å²) in [5, 5.41) is 4.68. The van der Waals surface area contributed by atoms with E-state index >= 15 is 0 Å². The molecule has 0 amide bonds. The van der Waals surface area contributed by atoms with Crippen molar-refractivity contribution in [3.05, 3.63) is 75.3 Å². The first-order valence-corrected chi connectivity index (χ1v) is 7.48. The molecule has 0 spiro atoms. The molecule has 3 aromatic rings. The van der Waals surface area contributed by atoms with E-state index in [9.17, 15) is 4.79 Å². The molecule has 112 valence electrons. The molecule has 2 N–H and O–H groups in total. The molecule has 1 atom stereocenters. The van der Waals surface area contributed by atoms with Gasteiger partial charge in [0.25, 0.3) is 5.56 Å². The van der Waals surface area contributed by atoms with Gasteiger partial charge < -0.3 is 10.3 Å². The molecule has 1 unspecified atom stereocenters. The Morgan fingerprint density at radius 2 is 1.91 bits per heavy atom. The zero-order valence-corrected chi connectivity index (χ0v) is 12.9. The van der Waals surface area contributed by atoms with Crippen molar-refractivity contribution in [2.24, 2.45) is 0 Å². The first-order valence-electron chi connectivity index (χ1n) is 7.10. The van der Waals surface area contributed by atoms with E-state index in [0.717, 1.165) is 10.6 Å². The second-order valence-electron chi connectivity index (χ2n) is 5.20. The van der Waals surface area contributed by atoms with Gasteiger partial charge in [-0.3, -0.25) is 4.79 Å². The Morgan fingerprint density at radius 1 is 1.18 bits per heavy atom. The third kappa shape index (κ3) is 3.18. The monoisotopic (exact) mass is 313 g/mol. The van der Waals surface area contributed by atoms with Crippen LogP contribution >= 0.6 is 11.6 Å². The van der Waals surface area contributed by atoms with Gasteiger partial charge in [0.15, 0.2) is 0 Å². The number of halogens is 1. The van der Waals surface area contributed by atoms with E-state index in [4.69, 9.17) is 11.6 Å². The van der Waals surface area contributed by atoms with E-state index in [1.165, 1.54) is 0 Å². The highest BCUT2D eigenvalue weighted by Gasteiger charge is 2.10. The molecule has 4 nitrogen and oxygen atoms in total. The molecule has 0 aliphatic heterocycles. The SMILES string of the molecule is CC(NCc1ccc(Cl)cc1)c1nc2ccccc2c(=O)[nH]1. The van der Waals surface area contributed by atoms with Crippen molar-refractivity contribution >= 4 is 22.5 Å². The zero-order chi connectivity index (χ0) is 15.5. The van der Waals surface area contributed by atoms with Crippen molar-refractivity contribution in [2.45, 2.75) is 19.5 Å². The lowest BCUT2D eigenvalue weighted by molar-refractivity contribution is 0.546. The average molecular weight is 314 g/mol. The van der Waals surface area contributed by atoms with Gasteiger partial charge in [-0.1, -0.05) is 35.9 Å². The van der Waals surface area contributed by atoms with E-state index in [0.29, 0.717) is 23.3 Å². The predicted octanol–water partition coefficient (Wildman–Crippen LogP) is 3.43. The summed E-state index contributed by atoms with van der Waals surface area (Å²) in [6.07, 6.45) is 0. The molecule has 0 aliphatic rings. The Balaban J connectivity index is 1.78. The molecule has 2 aromatic carbocycles. The Morgan fingerprint density at radius 3 is 2.68 bits per heavy atom. The van der Waals surface area contributed by atoms with E-state index in [1.54, 1.807) is 6.07 Å². The largest absolute Gasteiger partial charge is 0.309 e. The number of hydrogen-bond acceptors (Lipinski definition) is 3. The molecule has 5 heteroatoms. The molecule has 0 aliphatic carbocycles. The number of hydrogen-bond donors (Lipinski definition) is 2. The van der Waals surface area contributed by atoms with Crippen LogP contribution in [0.25, 0.3) is 10.9 Å². The molecule has 0 saturated carbocycles. The lowest BCUT2D eigenvalue weighted by atomic mass is 10.2. The lowest BCUT2D eigenvalue weighted by Crippen LogP contribution is -2.23. The second-order valence-corrected chi connectivity index (χ2v) is 5.63. The van der Waals surface area contributed by atoms with Crippen LogP contribution in [0.4, 0.5) is 0 Å². The van der Waals surface area contributed by atoms with Crippen LogP contribution in [0.5, 0.6) is 0 Å². The molecular weight excluding hydrogens is 298 g/mol. The maximum Gasteiger partial charge on any atom is 0.258 e. The van der Waals surface area contributed by atoms with Gasteiger partial charge in [-0.25, -0.2) is 4.98 Å². The van der Waals surface area contributed by atoms with Gasteiger partial charge >= 0.3 is 0 Å². The van der Waals surface area contributed by atoms with Crippen molar-refractivity contribution < 1.29 is 0 Å². The minimum atomic E-state index is -0.110. The highest BCUT2D eigenvalue weighted by molar-refractivity contribution is 6.30. The third-order valence-electron chi connectivity index (χ3n) is 3.57. The van der Waals surface area contributed by atoms with E-state index in [-0.39, 0.29) is 11.6 Å². The quantitative estimate of drug-likeness (QED) is 0.776. The van der Waals surface area contributed by atoms with Crippen LogP contribution in [0, 0.1) is 0 Å². The summed E-state index contributed by atoms with van der Waals surface area (Å²) in [4.78, 5) is 19.4. The number of aromatic nitrogens is 2. The first kappa shape index (κ1) is 14.8. The average Bonchev–Trinajstić information content (AvgIpc) is 2.54. The topological polar surface area (TPSA) is 57.8 Å². The molecule has 1 aromatic heterocycles. The molecule has 3 rings (SSSR count). The van der Waals surface area contributed by atoms with Gasteiger partial charge in [0.2, 0.25) is 0 Å². The smallest absolute Gasteiger partial charge is 0.258 e. The van der Waals surface area contributed by atoms with E-state index < -0.39 is 0 Å². The van der Waals surface area contributed by atoms with Crippen molar-refractivity contribution in [3.63, 3.8) is 0 Å². The molecule has 0 fully saturated rings. The zero-order valence-electron chi connectivity index (χ0n) is 12.1. The highest BCUT2D eigenvalue weighted by atomic mass is 35.5. The van der Waals surface area contributed by atoms with Crippen LogP contribution in [-0.2, 0) is 6.54 Å². The predicted molar refractivity (Wildman–Crippen MR) is 89.1 cm³/mol. The Kier molecular flexibility index (Phi) is 4.22. The Hall–Kier alpha value is -2.17. The lowest BCUT2D eigenvalue weighted by Gasteiger charge is -2.13. The van der Waals surface area contributed by atoms with E-state index in [2.05, 4.69) is 15.3 Å². The van der Waals surface area contributed by atoms with Gasteiger partial charge in [0.1, 0.15) is 5.82 Å². The Labute approximate surface area is 133 Å². The summed E-state index contributed by atoms with van der Waals surface area (Å²) in [5.41, 5.74) is 1.72. The number of nitrogens with one attached hydrogen (secondary N) is 2. The number of rotatable bonds is 4. The van der Waals surface area contributed by atoms with Crippen LogP contribution in [-0.4, -0.2) is 9.97 Å². The third-order valence-corrected chi connectivity index (χ3v) is 3.82. The van der Waals surface area contributed by atoms with Gasteiger partial charge in [-0.05, 0) is 36.8 Å². The van der Waals surface area contributed by atoms with Crippen LogP contribution < -0.4 is 10.9 Å². The summed E-state index contributed by atoms with van der Waals surface area (Å²) in [6.45, 7) is 2.65. The number of benzene rings is 2. The first-order chi connectivity index (χ1) is 10.6. The normalized spacial score (nSPS) is 12.5. The van der Waals surface area contributed by atoms with E-state index in [1.807, 2.05) is 49.4 Å². The number of nitrogens with zero attached hydrogens (tertiary/aromatic N) is 1. The number of H-pyrrole nitrogens is 1. The molecule has 0 bridgehead atoms. The van der Waals surface area contributed by atoms with Crippen molar-refractivity contribution in [1.82, 2.24) is 15.3 Å². The van der Waals surface area contributed by atoms with Crippen LogP contribution in [0.15, 0.2) is 53.3 Å². The number of aromatic amines is 1. The van der Waals surface area contributed by atoms with Gasteiger partial charge in [-0.15, -0.1) is 0 Å². The minimum absolute atomic E-state index is 0.0621. The van der Waals surface area contributed by atoms with Crippen molar-refractivity contribution in [2.75, 3.05) is 0 Å². The second kappa shape index (κ2) is 6.30. The van der Waals surface area contributed by atoms with Gasteiger partial charge in [0, 0.05) is 11.6 Å². The molecular formula is C17H16ClN3O. The summed E-state index contributed by atoms with van der Waals surface area (Å²) in [6, 6.07) is 14.9. The fraction of sp³-hybridized carbons (Fsp3) is 0.176. The summed E-state index contributed by atoms with van der Waals surface area (Å²) < 4.78 is 0. The standard InChI is InChI=1S/C17H16ClN3O/c1-11(19-10-12-6-8-13(18)9-7-12)16-20-15-5-3-2-4-14(15)17(22)21-16/h2-9,11,19H,10H2,1H3,(H,20,21,22). The summed E-state index contributed by atoms with van der Waals surface area (Å²) in [5.74, 6) is 0.637. The van der Waals surface area contributed by atoms with Crippen molar-refractivity contribution in [3.8, 4) is 0 Å². The number of fused-ring (bicyclic) bond motifs is 1. The maximum absolute atomic E-state index is 12.1. The molecule has 0 saturated heterocycles. The van der Waals surface area contributed by atoms with Crippen LogP contribution in [0.2, 0.25) is 5.02 Å². The van der Waals surface area contributed by atoms with Gasteiger partial charge in [0.05, 0.1) is 16.9 Å². The summed E-state index contributed by atoms with van der Waals surface area (Å²) >= 11 is 5.87. The highest BCUT2D eigenvalue weighted by Crippen LogP contribution is 2.13. The maximum atomic E-state index is 12.1. The number of para-hydroxylation sites is 1. The minimum Gasteiger partial charge on any atom is -0.309 e. The molecule has 0 radical (unpaired) electrons. The van der Waals surface area contributed by atoms with Gasteiger partial charge in [-0.2, -0.15) is 0 Å².